The van der Waals surface area contributed by atoms with Crippen LogP contribution in [0.1, 0.15) is 18.5 Å². The molecule has 2 aromatic carbocycles. The quantitative estimate of drug-likeness (QED) is 0.581. The standard InChI is InChI=1S/C21H19BrN2O4/c1-2-28-21(27)18-16-15(17(23-18)12-6-4-3-5-7-12)19(25)24(20(16)26)14-10-8-13(22)9-11-14/h3-11,15-18,23H,2H2,1H3. The summed E-state index contributed by atoms with van der Waals surface area (Å²) in [5, 5.41) is 3.19. The highest BCUT2D eigenvalue weighted by atomic mass is 79.9. The molecule has 0 bridgehead atoms. The van der Waals surface area contributed by atoms with Crippen molar-refractivity contribution in [1.82, 2.24) is 5.32 Å². The fourth-order valence-electron chi connectivity index (χ4n) is 4.07. The first-order valence-corrected chi connectivity index (χ1v) is 9.93. The molecule has 0 aliphatic carbocycles. The number of nitrogens with one attached hydrogen (secondary N) is 1. The van der Waals surface area contributed by atoms with Crippen molar-refractivity contribution in [2.45, 2.75) is 19.0 Å². The summed E-state index contributed by atoms with van der Waals surface area (Å²) in [6.45, 7) is 1.93. The maximum atomic E-state index is 13.3. The van der Waals surface area contributed by atoms with Gasteiger partial charge in [-0.15, -0.1) is 0 Å². The smallest absolute Gasteiger partial charge is 0.324 e. The summed E-state index contributed by atoms with van der Waals surface area (Å²) in [5.74, 6) is -2.63. The molecule has 2 amide bonds. The monoisotopic (exact) mass is 442 g/mol. The molecule has 1 N–H and O–H groups in total. The van der Waals surface area contributed by atoms with Crippen LogP contribution in [0.4, 0.5) is 5.69 Å². The number of rotatable bonds is 4. The van der Waals surface area contributed by atoms with Crippen LogP contribution in [-0.4, -0.2) is 30.4 Å². The van der Waals surface area contributed by atoms with Crippen LogP contribution < -0.4 is 10.2 Å². The average Bonchev–Trinajstić information content (AvgIpc) is 3.21. The summed E-state index contributed by atoms with van der Waals surface area (Å²) in [6.07, 6.45) is 0. The van der Waals surface area contributed by atoms with Crippen molar-refractivity contribution in [3.8, 4) is 0 Å². The topological polar surface area (TPSA) is 75.7 Å². The highest BCUT2D eigenvalue weighted by molar-refractivity contribution is 9.10. The van der Waals surface area contributed by atoms with Gasteiger partial charge in [-0.2, -0.15) is 0 Å². The van der Waals surface area contributed by atoms with Crippen molar-refractivity contribution in [2.24, 2.45) is 11.8 Å². The van der Waals surface area contributed by atoms with Gasteiger partial charge in [-0.25, -0.2) is 4.90 Å². The molecule has 2 aliphatic rings. The first-order chi connectivity index (χ1) is 13.5. The van der Waals surface area contributed by atoms with E-state index in [9.17, 15) is 14.4 Å². The molecule has 6 nitrogen and oxygen atoms in total. The van der Waals surface area contributed by atoms with Gasteiger partial charge in [0, 0.05) is 10.5 Å². The number of anilines is 1. The molecule has 28 heavy (non-hydrogen) atoms. The van der Waals surface area contributed by atoms with Crippen molar-refractivity contribution in [3.05, 3.63) is 64.6 Å². The van der Waals surface area contributed by atoms with Crippen LogP contribution in [0, 0.1) is 11.8 Å². The van der Waals surface area contributed by atoms with Crippen LogP contribution in [0.5, 0.6) is 0 Å². The lowest BCUT2D eigenvalue weighted by Crippen LogP contribution is -2.44. The van der Waals surface area contributed by atoms with Gasteiger partial charge in [-0.3, -0.25) is 19.7 Å². The summed E-state index contributed by atoms with van der Waals surface area (Å²) in [5.41, 5.74) is 1.37. The Morgan fingerprint density at radius 1 is 1.04 bits per heavy atom. The first kappa shape index (κ1) is 18.8. The summed E-state index contributed by atoms with van der Waals surface area (Å²) in [4.78, 5) is 40.2. The fourth-order valence-corrected chi connectivity index (χ4v) is 4.33. The molecular weight excluding hydrogens is 424 g/mol. The number of carbonyl (C=O) groups excluding carboxylic acids is 3. The van der Waals surface area contributed by atoms with Crippen LogP contribution >= 0.6 is 15.9 Å². The van der Waals surface area contributed by atoms with Gasteiger partial charge >= 0.3 is 5.97 Å². The van der Waals surface area contributed by atoms with Gasteiger partial charge in [-0.1, -0.05) is 46.3 Å². The molecule has 144 valence electrons. The van der Waals surface area contributed by atoms with Crippen molar-refractivity contribution < 1.29 is 19.1 Å². The van der Waals surface area contributed by atoms with Gasteiger partial charge in [0.15, 0.2) is 0 Å². The summed E-state index contributed by atoms with van der Waals surface area (Å²) in [7, 11) is 0. The molecule has 2 aliphatic heterocycles. The number of carbonyl (C=O) groups is 3. The first-order valence-electron chi connectivity index (χ1n) is 9.14. The number of hydrogen-bond acceptors (Lipinski definition) is 5. The molecule has 0 spiro atoms. The second-order valence-corrected chi connectivity index (χ2v) is 7.74. The van der Waals surface area contributed by atoms with E-state index in [1.807, 2.05) is 30.3 Å². The largest absolute Gasteiger partial charge is 0.465 e. The second-order valence-electron chi connectivity index (χ2n) is 6.82. The Hall–Kier alpha value is -2.51. The maximum absolute atomic E-state index is 13.3. The third-order valence-corrected chi connectivity index (χ3v) is 5.79. The highest BCUT2D eigenvalue weighted by Crippen LogP contribution is 2.45. The molecule has 4 atom stereocenters. The van der Waals surface area contributed by atoms with Gasteiger partial charge in [0.1, 0.15) is 6.04 Å². The van der Waals surface area contributed by atoms with E-state index >= 15 is 0 Å². The van der Waals surface area contributed by atoms with Crippen molar-refractivity contribution in [2.75, 3.05) is 11.5 Å². The second kappa shape index (κ2) is 7.48. The van der Waals surface area contributed by atoms with Crippen LogP contribution in [0.15, 0.2) is 59.1 Å². The highest BCUT2D eigenvalue weighted by Gasteiger charge is 2.61. The number of imide groups is 1. The summed E-state index contributed by atoms with van der Waals surface area (Å²) >= 11 is 3.36. The number of hydrogen-bond donors (Lipinski definition) is 1. The number of fused-ring (bicyclic) bond motifs is 1. The Morgan fingerprint density at radius 2 is 1.68 bits per heavy atom. The van der Waals surface area contributed by atoms with Crippen molar-refractivity contribution >= 4 is 39.4 Å². The molecule has 4 rings (SSSR count). The molecule has 2 fully saturated rings. The minimum Gasteiger partial charge on any atom is -0.465 e. The minimum absolute atomic E-state index is 0.211. The Bertz CT molecular complexity index is 916. The molecule has 4 unspecified atom stereocenters. The molecule has 0 saturated carbocycles. The van der Waals surface area contributed by atoms with E-state index in [0.29, 0.717) is 5.69 Å². The predicted octanol–water partition coefficient (Wildman–Crippen LogP) is 2.83. The van der Waals surface area contributed by atoms with E-state index in [-0.39, 0.29) is 18.4 Å². The molecule has 0 aromatic heterocycles. The zero-order valence-electron chi connectivity index (χ0n) is 15.2. The van der Waals surface area contributed by atoms with E-state index in [1.165, 1.54) is 4.90 Å². The Kier molecular flexibility index (Phi) is 5.03. The average molecular weight is 443 g/mol. The Morgan fingerprint density at radius 3 is 2.32 bits per heavy atom. The third kappa shape index (κ3) is 3.04. The third-order valence-electron chi connectivity index (χ3n) is 5.26. The number of esters is 1. The van der Waals surface area contributed by atoms with E-state index < -0.39 is 29.9 Å². The number of nitrogens with zero attached hydrogens (tertiary/aromatic N) is 1. The van der Waals surface area contributed by atoms with Gasteiger partial charge in [0.25, 0.3) is 0 Å². The van der Waals surface area contributed by atoms with E-state index in [0.717, 1.165) is 10.0 Å². The van der Waals surface area contributed by atoms with Gasteiger partial charge in [0.2, 0.25) is 11.8 Å². The molecule has 0 radical (unpaired) electrons. The maximum Gasteiger partial charge on any atom is 0.324 e. The zero-order chi connectivity index (χ0) is 19.8. The lowest BCUT2D eigenvalue weighted by atomic mass is 9.86. The van der Waals surface area contributed by atoms with Gasteiger partial charge < -0.3 is 4.74 Å². The Labute approximate surface area is 171 Å². The predicted molar refractivity (Wildman–Crippen MR) is 106 cm³/mol. The lowest BCUT2D eigenvalue weighted by molar-refractivity contribution is -0.148. The van der Waals surface area contributed by atoms with Gasteiger partial charge in [-0.05, 0) is 36.8 Å². The molecular formula is C21H19BrN2O4. The summed E-state index contributed by atoms with van der Waals surface area (Å²) in [6, 6.07) is 15.1. The summed E-state index contributed by atoms with van der Waals surface area (Å²) < 4.78 is 6.02. The minimum atomic E-state index is -0.855. The number of benzene rings is 2. The molecule has 7 heteroatoms. The van der Waals surface area contributed by atoms with Crippen LogP contribution in [0.2, 0.25) is 0 Å². The van der Waals surface area contributed by atoms with Crippen LogP contribution in [0.3, 0.4) is 0 Å². The van der Waals surface area contributed by atoms with E-state index in [4.69, 9.17) is 4.74 Å². The Balaban J connectivity index is 1.75. The fraction of sp³-hybridized carbons (Fsp3) is 0.286. The zero-order valence-corrected chi connectivity index (χ0v) is 16.8. The van der Waals surface area contributed by atoms with Crippen LogP contribution in [-0.2, 0) is 19.1 Å². The normalized spacial score (nSPS) is 26.4. The van der Waals surface area contributed by atoms with Crippen LogP contribution in [0.25, 0.3) is 0 Å². The number of amides is 2. The van der Waals surface area contributed by atoms with Crippen molar-refractivity contribution in [1.29, 1.82) is 0 Å². The number of ether oxygens (including phenoxy) is 1. The van der Waals surface area contributed by atoms with E-state index in [1.54, 1.807) is 31.2 Å². The lowest BCUT2D eigenvalue weighted by Gasteiger charge is -2.22. The number of halogens is 1. The van der Waals surface area contributed by atoms with Crippen molar-refractivity contribution in [3.63, 3.8) is 0 Å². The SMILES string of the molecule is CCOC(=O)C1NC(c2ccccc2)C2C(=O)N(c3ccc(Br)cc3)C(=O)C12. The van der Waals surface area contributed by atoms with Gasteiger partial charge in [0.05, 0.1) is 24.1 Å². The molecule has 2 aromatic rings. The van der Waals surface area contributed by atoms with E-state index in [2.05, 4.69) is 21.2 Å². The molecule has 2 heterocycles. The molecule has 2 saturated heterocycles.